The molecule has 0 saturated carbocycles. The lowest BCUT2D eigenvalue weighted by atomic mass is 10.4. The number of halogens is 3. The number of nitrogens with one attached hydrogen (secondary N) is 2. The first-order valence-corrected chi connectivity index (χ1v) is 6.87. The molecule has 0 amide bonds. The maximum absolute atomic E-state index is 12.5. The maximum Gasteiger partial charge on any atom is 0.453 e. The summed E-state index contributed by atoms with van der Waals surface area (Å²) in [5.74, 6) is -0.728. The normalized spacial score (nSPS) is 12.0. The van der Waals surface area contributed by atoms with Gasteiger partial charge in [-0.15, -0.1) is 5.10 Å². The molecule has 0 aliphatic heterocycles. The van der Waals surface area contributed by atoms with Gasteiger partial charge in [-0.2, -0.15) is 18.3 Å². The number of aromatic nitrogens is 7. The van der Waals surface area contributed by atoms with Crippen LogP contribution in [-0.2, 0) is 24.0 Å². The van der Waals surface area contributed by atoms with E-state index in [1.54, 1.807) is 18.0 Å². The summed E-state index contributed by atoms with van der Waals surface area (Å²) in [5.41, 5.74) is 0.470. The molecule has 9 nitrogen and oxygen atoms in total. The van der Waals surface area contributed by atoms with E-state index in [9.17, 15) is 13.2 Å². The van der Waals surface area contributed by atoms with E-state index >= 15 is 0 Å². The van der Waals surface area contributed by atoms with Crippen molar-refractivity contribution in [3.63, 3.8) is 0 Å². The Labute approximate surface area is 133 Å². The second-order valence-corrected chi connectivity index (χ2v) is 4.80. The van der Waals surface area contributed by atoms with Crippen LogP contribution < -0.4 is 5.32 Å². The molecule has 3 heterocycles. The van der Waals surface area contributed by atoms with E-state index in [1.807, 2.05) is 0 Å². The summed E-state index contributed by atoms with van der Waals surface area (Å²) in [5, 5.41) is 13.2. The summed E-state index contributed by atoms with van der Waals surface area (Å²) in [7, 11) is 1.59. The third-order valence-electron chi connectivity index (χ3n) is 3.10. The average molecular weight is 342 g/mol. The molecule has 3 aromatic rings. The quantitative estimate of drug-likeness (QED) is 0.694. The molecule has 2 N–H and O–H groups in total. The van der Waals surface area contributed by atoms with E-state index in [4.69, 9.17) is 4.74 Å². The van der Waals surface area contributed by atoms with Gasteiger partial charge >= 0.3 is 6.18 Å². The predicted molar refractivity (Wildman–Crippen MR) is 75.9 cm³/mol. The van der Waals surface area contributed by atoms with E-state index < -0.39 is 12.0 Å². The summed E-state index contributed by atoms with van der Waals surface area (Å²) in [6.45, 7) is 1.03. The number of hydrogen-bond acceptors (Lipinski definition) is 7. The lowest BCUT2D eigenvalue weighted by molar-refractivity contribution is -0.144. The van der Waals surface area contributed by atoms with Crippen molar-refractivity contribution >= 4 is 16.9 Å². The molecule has 0 unspecified atom stereocenters. The van der Waals surface area contributed by atoms with E-state index in [1.165, 1.54) is 6.33 Å². The molecule has 0 atom stereocenters. The largest absolute Gasteiger partial charge is 0.453 e. The number of hydrogen-bond donors (Lipinski definition) is 2. The van der Waals surface area contributed by atoms with Gasteiger partial charge in [-0.3, -0.25) is 9.78 Å². The lowest BCUT2D eigenvalue weighted by Crippen LogP contribution is -2.08. The molecule has 0 aliphatic carbocycles. The molecule has 0 aliphatic rings. The second kappa shape index (κ2) is 6.39. The van der Waals surface area contributed by atoms with E-state index in [2.05, 4.69) is 35.6 Å². The first kappa shape index (κ1) is 16.1. The van der Waals surface area contributed by atoms with E-state index in [-0.39, 0.29) is 12.4 Å². The Morgan fingerprint density at radius 3 is 2.88 bits per heavy atom. The van der Waals surface area contributed by atoms with Gasteiger partial charge in [0.1, 0.15) is 18.0 Å². The molecule has 0 saturated heterocycles. The van der Waals surface area contributed by atoms with Crippen LogP contribution in [-0.4, -0.2) is 48.6 Å². The SMILES string of the molecule is COCCn1cc2c(NCc3nc(C(F)(F)F)n[nH]3)ncnc2n1. The van der Waals surface area contributed by atoms with Gasteiger partial charge in [-0.05, 0) is 0 Å². The molecule has 3 rings (SSSR count). The first-order chi connectivity index (χ1) is 11.5. The van der Waals surface area contributed by atoms with Gasteiger partial charge in [0.05, 0.1) is 25.1 Å². The molecule has 3 aromatic heterocycles. The Morgan fingerprint density at radius 1 is 1.33 bits per heavy atom. The van der Waals surface area contributed by atoms with Crippen molar-refractivity contribution in [2.75, 3.05) is 19.0 Å². The number of alkyl halides is 3. The van der Waals surface area contributed by atoms with Crippen molar-refractivity contribution in [3.8, 4) is 0 Å². The summed E-state index contributed by atoms with van der Waals surface area (Å²) < 4.78 is 44.1. The number of anilines is 1. The Bertz CT molecular complexity index is 827. The van der Waals surface area contributed by atoms with Crippen molar-refractivity contribution in [2.24, 2.45) is 0 Å². The predicted octanol–water partition coefficient (Wildman–Crippen LogP) is 1.22. The zero-order valence-corrected chi connectivity index (χ0v) is 12.5. The van der Waals surface area contributed by atoms with Crippen LogP contribution in [0.1, 0.15) is 11.6 Å². The minimum absolute atomic E-state index is 0.00154. The number of nitrogens with zero attached hydrogens (tertiary/aromatic N) is 6. The van der Waals surface area contributed by atoms with Gasteiger partial charge in [0.2, 0.25) is 0 Å². The summed E-state index contributed by atoms with van der Waals surface area (Å²) in [6.07, 6.45) is -1.53. The monoisotopic (exact) mass is 342 g/mol. The third-order valence-corrected chi connectivity index (χ3v) is 3.10. The van der Waals surface area contributed by atoms with Gasteiger partial charge in [0, 0.05) is 13.3 Å². The lowest BCUT2D eigenvalue weighted by Gasteiger charge is -2.03. The minimum atomic E-state index is -4.58. The highest BCUT2D eigenvalue weighted by atomic mass is 19.4. The molecule has 128 valence electrons. The Balaban J connectivity index is 1.75. The molecule has 0 fully saturated rings. The highest BCUT2D eigenvalue weighted by molar-refractivity contribution is 5.85. The second-order valence-electron chi connectivity index (χ2n) is 4.80. The van der Waals surface area contributed by atoms with Crippen molar-refractivity contribution in [3.05, 3.63) is 24.2 Å². The fourth-order valence-corrected chi connectivity index (χ4v) is 1.99. The number of methoxy groups -OCH3 is 1. The zero-order valence-electron chi connectivity index (χ0n) is 12.5. The Kier molecular flexibility index (Phi) is 4.29. The fourth-order valence-electron chi connectivity index (χ4n) is 1.99. The summed E-state index contributed by atoms with van der Waals surface area (Å²) in [6, 6.07) is 0. The van der Waals surface area contributed by atoms with Crippen LogP contribution >= 0.6 is 0 Å². The van der Waals surface area contributed by atoms with Crippen LogP contribution in [0.25, 0.3) is 11.0 Å². The minimum Gasteiger partial charge on any atom is -0.383 e. The molecule has 0 radical (unpaired) electrons. The molecule has 24 heavy (non-hydrogen) atoms. The zero-order chi connectivity index (χ0) is 17.2. The van der Waals surface area contributed by atoms with Gasteiger partial charge in [-0.25, -0.2) is 15.0 Å². The van der Waals surface area contributed by atoms with Gasteiger partial charge in [-0.1, -0.05) is 0 Å². The third kappa shape index (κ3) is 3.42. The molecule has 0 spiro atoms. The van der Waals surface area contributed by atoms with Crippen LogP contribution in [0.3, 0.4) is 0 Å². The van der Waals surface area contributed by atoms with Gasteiger partial charge < -0.3 is 10.1 Å². The van der Waals surface area contributed by atoms with Crippen LogP contribution in [0.15, 0.2) is 12.5 Å². The summed E-state index contributed by atoms with van der Waals surface area (Å²) >= 11 is 0. The highest BCUT2D eigenvalue weighted by Crippen LogP contribution is 2.25. The topological polar surface area (TPSA) is 106 Å². The summed E-state index contributed by atoms with van der Waals surface area (Å²) in [4.78, 5) is 11.5. The number of rotatable bonds is 6. The first-order valence-electron chi connectivity index (χ1n) is 6.87. The van der Waals surface area contributed by atoms with Crippen molar-refractivity contribution < 1.29 is 17.9 Å². The van der Waals surface area contributed by atoms with Crippen LogP contribution in [0.4, 0.5) is 19.0 Å². The van der Waals surface area contributed by atoms with Gasteiger partial charge in [0.15, 0.2) is 5.65 Å². The van der Waals surface area contributed by atoms with Gasteiger partial charge in [0.25, 0.3) is 5.82 Å². The van der Waals surface area contributed by atoms with E-state index in [0.29, 0.717) is 30.0 Å². The fraction of sp³-hybridized carbons (Fsp3) is 0.417. The Hall–Kier alpha value is -2.76. The van der Waals surface area contributed by atoms with Crippen molar-refractivity contribution in [1.82, 2.24) is 34.9 Å². The molecule has 0 bridgehead atoms. The van der Waals surface area contributed by atoms with Crippen LogP contribution in [0.2, 0.25) is 0 Å². The average Bonchev–Trinajstić information content (AvgIpc) is 3.17. The molecule has 12 heteroatoms. The molecule has 0 aromatic carbocycles. The highest BCUT2D eigenvalue weighted by Gasteiger charge is 2.35. The smallest absolute Gasteiger partial charge is 0.383 e. The van der Waals surface area contributed by atoms with Crippen LogP contribution in [0.5, 0.6) is 0 Å². The number of aromatic amines is 1. The standard InChI is InChI=1S/C12H13F3N8O/c1-24-3-2-23-5-7-9(17-6-18-10(7)22-23)16-4-8-19-11(21-20-8)12(13,14)15/h5-6H,2-4H2,1H3,(H,19,20,21)(H,16,17,18,22). The number of ether oxygens (including phenoxy) is 1. The van der Waals surface area contributed by atoms with Crippen molar-refractivity contribution in [1.29, 1.82) is 0 Å². The van der Waals surface area contributed by atoms with Crippen LogP contribution in [0, 0.1) is 0 Å². The van der Waals surface area contributed by atoms with Crippen molar-refractivity contribution in [2.45, 2.75) is 19.3 Å². The number of fused-ring (bicyclic) bond motifs is 1. The maximum atomic E-state index is 12.5. The number of H-pyrrole nitrogens is 1. The Morgan fingerprint density at radius 2 is 2.17 bits per heavy atom. The van der Waals surface area contributed by atoms with E-state index in [0.717, 1.165) is 0 Å². The molecular formula is C12H13F3N8O. The molecular weight excluding hydrogens is 329 g/mol.